The predicted octanol–water partition coefficient (Wildman–Crippen LogP) is 11.5. The summed E-state index contributed by atoms with van der Waals surface area (Å²) in [4.78, 5) is 25.3. The monoisotopic (exact) mass is 691 g/mol. The van der Waals surface area contributed by atoms with Crippen molar-refractivity contribution in [3.8, 4) is 45.4 Å². The van der Waals surface area contributed by atoms with Crippen molar-refractivity contribution >= 4 is 32.8 Å². The van der Waals surface area contributed by atoms with E-state index in [1.165, 1.54) is 16.5 Å². The lowest BCUT2D eigenvalue weighted by Crippen LogP contribution is -2.14. The third kappa shape index (κ3) is 6.02. The molecule has 2 unspecified atom stereocenters. The number of hydrogen-bond donors (Lipinski definition) is 0. The molecule has 0 spiro atoms. The van der Waals surface area contributed by atoms with Gasteiger partial charge < -0.3 is 0 Å². The Balaban J connectivity index is 1.06. The first kappa shape index (κ1) is 31.6. The van der Waals surface area contributed by atoms with Gasteiger partial charge >= 0.3 is 0 Å². The highest BCUT2D eigenvalue weighted by molar-refractivity contribution is 5.93. The Hall–Kier alpha value is -7.11. The fourth-order valence-electron chi connectivity index (χ4n) is 7.40. The van der Waals surface area contributed by atoms with E-state index in [4.69, 9.17) is 24.9 Å². The van der Waals surface area contributed by atoms with Crippen molar-refractivity contribution in [2.45, 2.75) is 0 Å². The van der Waals surface area contributed by atoms with Crippen LogP contribution in [0.2, 0.25) is 0 Å². The van der Waals surface area contributed by atoms with Gasteiger partial charge in [-0.05, 0) is 34.0 Å². The Labute approximate surface area is 313 Å². The summed E-state index contributed by atoms with van der Waals surface area (Å²) in [5, 5.41) is 3.34. The average molecular weight is 692 g/mol. The van der Waals surface area contributed by atoms with Gasteiger partial charge in [0, 0.05) is 45.0 Å². The maximum absolute atomic E-state index is 5.12. The normalized spacial score (nSPS) is 16.2. The van der Waals surface area contributed by atoms with Crippen LogP contribution in [0.5, 0.6) is 0 Å². The van der Waals surface area contributed by atoms with Crippen molar-refractivity contribution in [1.29, 1.82) is 0 Å². The number of allylic oxidation sites excluding steroid dienone is 8. The topological polar surface area (TPSA) is 64.5 Å². The number of nitrogens with zero attached hydrogens (tertiary/aromatic N) is 5. The molecule has 254 valence electrons. The van der Waals surface area contributed by atoms with Crippen molar-refractivity contribution in [1.82, 2.24) is 24.9 Å². The van der Waals surface area contributed by atoms with Gasteiger partial charge in [0.15, 0.2) is 23.3 Å². The van der Waals surface area contributed by atoms with Gasteiger partial charge in [0.2, 0.25) is 0 Å². The van der Waals surface area contributed by atoms with Crippen LogP contribution in [0.4, 0.5) is 0 Å². The van der Waals surface area contributed by atoms with E-state index >= 15 is 0 Å². The zero-order chi connectivity index (χ0) is 35.8. The molecule has 6 aromatic carbocycles. The van der Waals surface area contributed by atoms with E-state index in [9.17, 15) is 0 Å². The first-order valence-corrected chi connectivity index (χ1v) is 18.3. The number of rotatable bonds is 6. The zero-order valence-corrected chi connectivity index (χ0v) is 29.3. The van der Waals surface area contributed by atoms with E-state index in [-0.39, 0.29) is 11.8 Å². The standard InChI is InChI=1S/C49H33N5/c1-3-11-32(12-4-1)39-26-19-34-21-28-41(31-42(34)30-39)49-53-47(52-48(54-49)40-27-20-33-13-7-8-16-38(33)29-40)37-24-22-36(23-25-37)46-50-44-18-10-9-17-43(44)45(51-46)35-14-5-2-6-15-35/h1-31,34,42H. The first-order valence-electron chi connectivity index (χ1n) is 18.3. The van der Waals surface area contributed by atoms with Crippen LogP contribution in [-0.4, -0.2) is 24.9 Å². The number of fused-ring (bicyclic) bond motifs is 3. The Morgan fingerprint density at radius 2 is 0.907 bits per heavy atom. The molecule has 0 saturated carbocycles. The number of aromatic nitrogens is 5. The fourth-order valence-corrected chi connectivity index (χ4v) is 7.40. The average Bonchev–Trinajstić information content (AvgIpc) is 3.26. The van der Waals surface area contributed by atoms with E-state index in [0.29, 0.717) is 23.3 Å². The molecular weight excluding hydrogens is 659 g/mol. The smallest absolute Gasteiger partial charge is 0.164 e. The molecule has 2 heterocycles. The van der Waals surface area contributed by atoms with Gasteiger partial charge in [0.05, 0.1) is 11.2 Å². The van der Waals surface area contributed by atoms with Crippen molar-refractivity contribution < 1.29 is 0 Å². The molecule has 54 heavy (non-hydrogen) atoms. The van der Waals surface area contributed by atoms with E-state index in [2.05, 4.69) is 152 Å². The Morgan fingerprint density at radius 1 is 0.352 bits per heavy atom. The summed E-state index contributed by atoms with van der Waals surface area (Å²) in [7, 11) is 0. The Morgan fingerprint density at radius 3 is 1.67 bits per heavy atom. The minimum absolute atomic E-state index is 0.191. The zero-order valence-electron chi connectivity index (χ0n) is 29.3. The Kier molecular flexibility index (Phi) is 7.88. The second-order valence-electron chi connectivity index (χ2n) is 13.7. The second kappa shape index (κ2) is 13.5. The lowest BCUT2D eigenvalue weighted by atomic mass is 9.80. The van der Waals surface area contributed by atoms with Crippen LogP contribution in [0.15, 0.2) is 188 Å². The molecule has 0 radical (unpaired) electrons. The van der Waals surface area contributed by atoms with Crippen molar-refractivity contribution in [3.05, 3.63) is 200 Å². The van der Waals surface area contributed by atoms with Crippen LogP contribution in [0.1, 0.15) is 11.4 Å². The molecule has 0 bridgehead atoms. The van der Waals surface area contributed by atoms with Crippen LogP contribution in [0, 0.1) is 11.8 Å². The van der Waals surface area contributed by atoms with Crippen molar-refractivity contribution in [2.75, 3.05) is 0 Å². The van der Waals surface area contributed by atoms with Crippen molar-refractivity contribution in [2.24, 2.45) is 11.8 Å². The van der Waals surface area contributed by atoms with E-state index in [0.717, 1.165) is 49.8 Å². The molecule has 0 saturated heterocycles. The molecule has 10 rings (SSSR count). The summed E-state index contributed by atoms with van der Waals surface area (Å²) < 4.78 is 0. The highest BCUT2D eigenvalue weighted by atomic mass is 15.0. The van der Waals surface area contributed by atoms with E-state index in [1.807, 2.05) is 36.4 Å². The fraction of sp³-hybridized carbons (Fsp3) is 0.0408. The SMILES string of the molecule is C1=CC2C=CC(c3nc(-c4ccc(-c5nc(-c6ccccc6)c6ccccc6n5)cc4)nc(-c4ccc5ccccc5c4)n3)=CC2C=C1c1ccccc1. The maximum Gasteiger partial charge on any atom is 0.164 e. The van der Waals surface area contributed by atoms with Gasteiger partial charge in [0.1, 0.15) is 0 Å². The van der Waals surface area contributed by atoms with Crippen LogP contribution >= 0.6 is 0 Å². The van der Waals surface area contributed by atoms with E-state index < -0.39 is 0 Å². The number of hydrogen-bond acceptors (Lipinski definition) is 5. The van der Waals surface area contributed by atoms with Crippen LogP contribution in [0.25, 0.3) is 78.2 Å². The lowest BCUT2D eigenvalue weighted by molar-refractivity contribution is 0.664. The molecule has 2 aliphatic carbocycles. The largest absolute Gasteiger partial charge is 0.228 e. The number of benzene rings is 6. The molecule has 0 fully saturated rings. The lowest BCUT2D eigenvalue weighted by Gasteiger charge is -2.25. The highest BCUT2D eigenvalue weighted by Crippen LogP contribution is 2.37. The molecule has 5 heteroatoms. The van der Waals surface area contributed by atoms with Gasteiger partial charge in [-0.3, -0.25) is 0 Å². The summed E-state index contributed by atoms with van der Waals surface area (Å²) in [6.45, 7) is 0. The first-order chi connectivity index (χ1) is 26.7. The van der Waals surface area contributed by atoms with Crippen LogP contribution in [-0.2, 0) is 0 Å². The molecule has 0 amide bonds. The highest BCUT2D eigenvalue weighted by Gasteiger charge is 2.23. The maximum atomic E-state index is 5.12. The minimum Gasteiger partial charge on any atom is -0.228 e. The van der Waals surface area contributed by atoms with Crippen LogP contribution in [0.3, 0.4) is 0 Å². The molecule has 0 aliphatic heterocycles. The molecule has 8 aromatic rings. The van der Waals surface area contributed by atoms with Gasteiger partial charge in [0.25, 0.3) is 0 Å². The molecule has 2 aliphatic rings. The molecule has 0 N–H and O–H groups in total. The van der Waals surface area contributed by atoms with Gasteiger partial charge in [-0.2, -0.15) is 0 Å². The third-order valence-electron chi connectivity index (χ3n) is 10.2. The summed E-state index contributed by atoms with van der Waals surface area (Å²) in [5.74, 6) is 3.04. The summed E-state index contributed by atoms with van der Waals surface area (Å²) in [6.07, 6.45) is 13.6. The second-order valence-corrected chi connectivity index (χ2v) is 13.7. The van der Waals surface area contributed by atoms with Gasteiger partial charge in [-0.25, -0.2) is 24.9 Å². The van der Waals surface area contributed by atoms with Gasteiger partial charge in [-0.1, -0.05) is 176 Å². The Bertz CT molecular complexity index is 2820. The summed E-state index contributed by atoms with van der Waals surface area (Å²) in [6, 6.07) is 52.0. The molecule has 5 nitrogen and oxygen atoms in total. The predicted molar refractivity (Wildman–Crippen MR) is 220 cm³/mol. The van der Waals surface area contributed by atoms with E-state index in [1.54, 1.807) is 0 Å². The quantitative estimate of drug-likeness (QED) is 0.174. The van der Waals surface area contributed by atoms with Crippen molar-refractivity contribution in [3.63, 3.8) is 0 Å². The number of para-hydroxylation sites is 1. The summed E-state index contributed by atoms with van der Waals surface area (Å²) >= 11 is 0. The van der Waals surface area contributed by atoms with Gasteiger partial charge in [-0.15, -0.1) is 0 Å². The molecule has 2 aromatic heterocycles. The summed E-state index contributed by atoms with van der Waals surface area (Å²) in [5.41, 5.74) is 9.05. The third-order valence-corrected chi connectivity index (χ3v) is 10.2. The molecule has 2 atom stereocenters. The minimum atomic E-state index is 0.191. The molecular formula is C49H33N5. The van der Waals surface area contributed by atoms with Crippen LogP contribution < -0.4 is 0 Å².